The molecule has 1 N–H and O–H groups in total. The number of urea groups is 1. The SMILES string of the molecule is Cc1ccc(CN(Cc2ccc3c(c2)OCO3)C(=O)CN(CC(C)C)C(=O)Nc2cccc(C(F)(F)F)c2)o1. The van der Waals surface area contributed by atoms with Crippen molar-refractivity contribution in [1.82, 2.24) is 9.80 Å². The van der Waals surface area contributed by atoms with Crippen LogP contribution >= 0.6 is 0 Å². The first-order valence-electron chi connectivity index (χ1n) is 12.4. The van der Waals surface area contributed by atoms with Crippen LogP contribution in [0.4, 0.5) is 23.7 Å². The van der Waals surface area contributed by atoms with E-state index in [1.807, 2.05) is 19.9 Å². The van der Waals surface area contributed by atoms with Crippen LogP contribution in [0.5, 0.6) is 11.5 Å². The van der Waals surface area contributed by atoms with Gasteiger partial charge in [0.05, 0.1) is 12.1 Å². The number of nitrogens with zero attached hydrogens (tertiary/aromatic N) is 2. The number of fused-ring (bicyclic) bond motifs is 1. The Balaban J connectivity index is 1.52. The summed E-state index contributed by atoms with van der Waals surface area (Å²) in [6.45, 7) is 5.98. The third kappa shape index (κ3) is 7.46. The Labute approximate surface area is 224 Å². The third-order valence-corrected chi connectivity index (χ3v) is 5.95. The molecule has 0 spiro atoms. The summed E-state index contributed by atoms with van der Waals surface area (Å²) in [6.07, 6.45) is -4.55. The molecule has 0 saturated carbocycles. The first-order valence-corrected chi connectivity index (χ1v) is 12.4. The predicted octanol–water partition coefficient (Wildman–Crippen LogP) is 6.05. The molecular weight excluding hydrogens is 515 g/mol. The number of carbonyl (C=O) groups is 2. The molecule has 0 aliphatic carbocycles. The number of nitrogens with one attached hydrogen (secondary N) is 1. The van der Waals surface area contributed by atoms with Gasteiger partial charge in [-0.1, -0.05) is 26.0 Å². The smallest absolute Gasteiger partial charge is 0.416 e. The van der Waals surface area contributed by atoms with Crippen molar-refractivity contribution < 1.29 is 36.7 Å². The quantitative estimate of drug-likeness (QED) is 0.354. The van der Waals surface area contributed by atoms with Crippen molar-refractivity contribution in [3.05, 3.63) is 77.2 Å². The number of halogens is 3. The van der Waals surface area contributed by atoms with Gasteiger partial charge in [-0.05, 0) is 60.9 Å². The summed E-state index contributed by atoms with van der Waals surface area (Å²) in [6, 6.07) is 12.7. The Bertz CT molecular complexity index is 1320. The van der Waals surface area contributed by atoms with Crippen molar-refractivity contribution in [2.75, 3.05) is 25.2 Å². The molecule has 1 aliphatic rings. The largest absolute Gasteiger partial charge is 0.464 e. The number of amides is 3. The van der Waals surface area contributed by atoms with Crippen molar-refractivity contribution in [2.45, 2.75) is 40.0 Å². The number of hydrogen-bond donors (Lipinski definition) is 1. The van der Waals surface area contributed by atoms with E-state index in [1.54, 1.807) is 36.1 Å². The lowest BCUT2D eigenvalue weighted by Gasteiger charge is -2.28. The Hall–Kier alpha value is -4.15. The zero-order valence-electron chi connectivity index (χ0n) is 21.9. The predicted molar refractivity (Wildman–Crippen MR) is 137 cm³/mol. The van der Waals surface area contributed by atoms with Crippen LogP contribution in [0.1, 0.15) is 36.5 Å². The summed E-state index contributed by atoms with van der Waals surface area (Å²) in [5.41, 5.74) is -0.102. The van der Waals surface area contributed by atoms with Gasteiger partial charge in [0.15, 0.2) is 11.5 Å². The van der Waals surface area contributed by atoms with Crippen LogP contribution in [-0.2, 0) is 24.1 Å². The molecule has 11 heteroatoms. The summed E-state index contributed by atoms with van der Waals surface area (Å²) in [5.74, 6) is 2.11. The van der Waals surface area contributed by atoms with Gasteiger partial charge in [-0.2, -0.15) is 13.2 Å². The van der Waals surface area contributed by atoms with E-state index in [2.05, 4.69) is 5.32 Å². The first kappa shape index (κ1) is 27.9. The van der Waals surface area contributed by atoms with E-state index in [4.69, 9.17) is 13.9 Å². The second kappa shape index (κ2) is 11.7. The molecule has 0 bridgehead atoms. The van der Waals surface area contributed by atoms with Crippen molar-refractivity contribution in [3.63, 3.8) is 0 Å². The van der Waals surface area contributed by atoms with Gasteiger partial charge in [-0.15, -0.1) is 0 Å². The number of furan rings is 1. The van der Waals surface area contributed by atoms with Crippen LogP contribution < -0.4 is 14.8 Å². The minimum atomic E-state index is -4.55. The minimum absolute atomic E-state index is 0.0000857. The lowest BCUT2D eigenvalue weighted by atomic mass is 10.1. The molecule has 2 aromatic carbocycles. The first-order chi connectivity index (χ1) is 18.5. The Morgan fingerprint density at radius 3 is 2.44 bits per heavy atom. The molecular formula is C28H30F3N3O5. The highest BCUT2D eigenvalue weighted by Gasteiger charge is 2.31. The molecule has 39 heavy (non-hydrogen) atoms. The number of alkyl halides is 3. The van der Waals surface area contributed by atoms with Crippen molar-refractivity contribution in [3.8, 4) is 11.5 Å². The fourth-order valence-electron chi connectivity index (χ4n) is 4.15. The number of rotatable bonds is 9. The highest BCUT2D eigenvalue weighted by atomic mass is 19.4. The molecule has 8 nitrogen and oxygen atoms in total. The number of aryl methyl sites for hydroxylation is 1. The molecule has 4 rings (SSSR count). The normalized spacial score (nSPS) is 12.5. The van der Waals surface area contributed by atoms with E-state index in [0.717, 1.165) is 17.7 Å². The third-order valence-electron chi connectivity index (χ3n) is 5.95. The Morgan fingerprint density at radius 1 is 0.974 bits per heavy atom. The van der Waals surface area contributed by atoms with Gasteiger partial charge >= 0.3 is 12.2 Å². The maximum absolute atomic E-state index is 13.6. The number of anilines is 1. The number of ether oxygens (including phenoxy) is 2. The summed E-state index contributed by atoms with van der Waals surface area (Å²) >= 11 is 0. The van der Waals surface area contributed by atoms with Crippen LogP contribution in [0.2, 0.25) is 0 Å². The van der Waals surface area contributed by atoms with Gasteiger partial charge in [-0.3, -0.25) is 4.79 Å². The van der Waals surface area contributed by atoms with Crippen LogP contribution in [-0.4, -0.2) is 41.6 Å². The monoisotopic (exact) mass is 545 g/mol. The maximum atomic E-state index is 13.6. The zero-order chi connectivity index (χ0) is 28.2. The minimum Gasteiger partial charge on any atom is -0.464 e. The van der Waals surface area contributed by atoms with Gasteiger partial charge in [-0.25, -0.2) is 4.79 Å². The molecule has 1 aliphatic heterocycles. The zero-order valence-corrected chi connectivity index (χ0v) is 21.9. The van der Waals surface area contributed by atoms with E-state index in [0.29, 0.717) is 23.0 Å². The standard InChI is InChI=1S/C28H30F3N3O5/c1-18(2)13-34(27(36)32-22-6-4-5-21(12-22)28(29,30)31)16-26(35)33(15-23-9-7-19(3)39-23)14-20-8-10-24-25(11-20)38-17-37-24/h4-12,18H,13-17H2,1-3H3,(H,32,36). The molecule has 3 amide bonds. The molecule has 2 heterocycles. The molecule has 0 atom stereocenters. The molecule has 0 saturated heterocycles. The summed E-state index contributed by atoms with van der Waals surface area (Å²) in [7, 11) is 0. The number of benzene rings is 2. The average molecular weight is 546 g/mol. The van der Waals surface area contributed by atoms with E-state index in [9.17, 15) is 22.8 Å². The lowest BCUT2D eigenvalue weighted by molar-refractivity contribution is -0.137. The summed E-state index contributed by atoms with van der Waals surface area (Å²) < 4.78 is 55.9. The van der Waals surface area contributed by atoms with Crippen LogP contribution in [0.25, 0.3) is 0 Å². The number of carbonyl (C=O) groups excluding carboxylic acids is 2. The maximum Gasteiger partial charge on any atom is 0.416 e. The van der Waals surface area contributed by atoms with Crippen molar-refractivity contribution in [2.24, 2.45) is 5.92 Å². The molecule has 0 unspecified atom stereocenters. The average Bonchev–Trinajstić information content (AvgIpc) is 3.50. The van der Waals surface area contributed by atoms with Gasteiger partial charge < -0.3 is 29.0 Å². The summed E-state index contributed by atoms with van der Waals surface area (Å²) in [4.78, 5) is 29.6. The van der Waals surface area contributed by atoms with E-state index >= 15 is 0 Å². The van der Waals surface area contributed by atoms with Crippen LogP contribution in [0.15, 0.2) is 59.0 Å². The molecule has 208 valence electrons. The van der Waals surface area contributed by atoms with E-state index < -0.39 is 17.8 Å². The Morgan fingerprint density at radius 2 is 1.74 bits per heavy atom. The molecule has 3 aromatic rings. The van der Waals surface area contributed by atoms with Crippen LogP contribution in [0, 0.1) is 12.8 Å². The van der Waals surface area contributed by atoms with Gasteiger partial charge in [0, 0.05) is 18.8 Å². The summed E-state index contributed by atoms with van der Waals surface area (Å²) in [5, 5.41) is 2.50. The molecule has 0 radical (unpaired) electrons. The highest BCUT2D eigenvalue weighted by molar-refractivity contribution is 5.92. The van der Waals surface area contributed by atoms with Gasteiger partial charge in [0.1, 0.15) is 18.1 Å². The van der Waals surface area contributed by atoms with Crippen molar-refractivity contribution in [1.29, 1.82) is 0 Å². The van der Waals surface area contributed by atoms with E-state index in [-0.39, 0.29) is 50.5 Å². The fourth-order valence-corrected chi connectivity index (χ4v) is 4.15. The van der Waals surface area contributed by atoms with Gasteiger partial charge in [0.2, 0.25) is 12.7 Å². The highest BCUT2D eigenvalue weighted by Crippen LogP contribution is 2.33. The second-order valence-electron chi connectivity index (χ2n) is 9.73. The second-order valence-corrected chi connectivity index (χ2v) is 9.73. The van der Waals surface area contributed by atoms with E-state index in [1.165, 1.54) is 17.0 Å². The lowest BCUT2D eigenvalue weighted by Crippen LogP contribution is -2.45. The topological polar surface area (TPSA) is 84.2 Å². The molecule has 0 fully saturated rings. The Kier molecular flexibility index (Phi) is 8.37. The molecule has 1 aromatic heterocycles. The van der Waals surface area contributed by atoms with Gasteiger partial charge in [0.25, 0.3) is 0 Å². The van der Waals surface area contributed by atoms with Crippen LogP contribution in [0.3, 0.4) is 0 Å². The van der Waals surface area contributed by atoms with Crippen molar-refractivity contribution >= 4 is 17.6 Å². The number of hydrogen-bond acceptors (Lipinski definition) is 5. The fraction of sp³-hybridized carbons (Fsp3) is 0.357.